The first-order valence-electron chi connectivity index (χ1n) is 6.23. The summed E-state index contributed by atoms with van der Waals surface area (Å²) in [6.45, 7) is 2.17. The molecular formula is C16H17BrO. The monoisotopic (exact) mass is 304 g/mol. The van der Waals surface area contributed by atoms with Crippen molar-refractivity contribution < 1.29 is 5.11 Å². The number of benzene rings is 2. The summed E-state index contributed by atoms with van der Waals surface area (Å²) in [6.07, 6.45) is 1.69. The average Bonchev–Trinajstić information content (AvgIpc) is 2.40. The van der Waals surface area contributed by atoms with Crippen LogP contribution in [0.15, 0.2) is 53.0 Å². The quantitative estimate of drug-likeness (QED) is 0.883. The Kier molecular flexibility index (Phi) is 4.56. The molecule has 0 aromatic heterocycles. The molecule has 0 bridgehead atoms. The van der Waals surface area contributed by atoms with Gasteiger partial charge in [-0.15, -0.1) is 0 Å². The fraction of sp³-hybridized carbons (Fsp3) is 0.250. The van der Waals surface area contributed by atoms with E-state index in [9.17, 15) is 5.11 Å². The molecule has 1 atom stereocenters. The van der Waals surface area contributed by atoms with Crippen LogP contribution in [0.4, 0.5) is 0 Å². The molecular weight excluding hydrogens is 288 g/mol. The SMILES string of the molecule is CCCc1ccc([C@H](O)c2ccc(Br)cc2)cc1. The van der Waals surface area contributed by atoms with Gasteiger partial charge in [-0.05, 0) is 35.2 Å². The fourth-order valence-corrected chi connectivity index (χ4v) is 2.26. The Morgan fingerprint density at radius 2 is 1.44 bits per heavy atom. The number of halogens is 1. The molecule has 0 aliphatic carbocycles. The summed E-state index contributed by atoms with van der Waals surface area (Å²) >= 11 is 3.40. The van der Waals surface area contributed by atoms with E-state index in [0.717, 1.165) is 28.4 Å². The minimum Gasteiger partial charge on any atom is -0.384 e. The van der Waals surface area contributed by atoms with Crippen LogP contribution in [-0.4, -0.2) is 5.11 Å². The van der Waals surface area contributed by atoms with E-state index < -0.39 is 6.10 Å². The van der Waals surface area contributed by atoms with Crippen LogP contribution in [-0.2, 0) is 6.42 Å². The summed E-state index contributed by atoms with van der Waals surface area (Å²) < 4.78 is 1.02. The number of rotatable bonds is 4. The molecule has 18 heavy (non-hydrogen) atoms. The predicted octanol–water partition coefficient (Wildman–Crippen LogP) is 4.48. The van der Waals surface area contributed by atoms with Crippen molar-refractivity contribution in [2.24, 2.45) is 0 Å². The zero-order valence-electron chi connectivity index (χ0n) is 10.4. The number of hydrogen-bond donors (Lipinski definition) is 1. The Balaban J connectivity index is 2.17. The van der Waals surface area contributed by atoms with Crippen molar-refractivity contribution in [1.82, 2.24) is 0 Å². The molecule has 2 heteroatoms. The van der Waals surface area contributed by atoms with Crippen molar-refractivity contribution in [3.63, 3.8) is 0 Å². The lowest BCUT2D eigenvalue weighted by molar-refractivity contribution is 0.220. The van der Waals surface area contributed by atoms with E-state index >= 15 is 0 Å². The second kappa shape index (κ2) is 6.17. The highest BCUT2D eigenvalue weighted by Crippen LogP contribution is 2.23. The number of hydrogen-bond acceptors (Lipinski definition) is 1. The van der Waals surface area contributed by atoms with Gasteiger partial charge in [0.25, 0.3) is 0 Å². The van der Waals surface area contributed by atoms with Crippen LogP contribution in [0.2, 0.25) is 0 Å². The van der Waals surface area contributed by atoms with Gasteiger partial charge in [0.05, 0.1) is 0 Å². The molecule has 0 spiro atoms. The third-order valence-corrected chi connectivity index (χ3v) is 3.55. The van der Waals surface area contributed by atoms with E-state index in [1.165, 1.54) is 5.56 Å². The third-order valence-electron chi connectivity index (χ3n) is 3.02. The minimum absolute atomic E-state index is 0.547. The van der Waals surface area contributed by atoms with Gasteiger partial charge in [0.2, 0.25) is 0 Å². The Labute approximate surface area is 117 Å². The van der Waals surface area contributed by atoms with Crippen molar-refractivity contribution in [3.8, 4) is 0 Å². The molecule has 1 nitrogen and oxygen atoms in total. The Morgan fingerprint density at radius 1 is 0.944 bits per heavy atom. The normalized spacial score (nSPS) is 12.4. The number of aliphatic hydroxyl groups is 1. The standard InChI is InChI=1S/C16H17BrO/c1-2-3-12-4-6-13(7-5-12)16(18)14-8-10-15(17)11-9-14/h4-11,16,18H,2-3H2,1H3/t16-/m0/s1. The van der Waals surface area contributed by atoms with Crippen LogP contribution >= 0.6 is 15.9 Å². The number of aliphatic hydroxyl groups excluding tert-OH is 1. The molecule has 0 fully saturated rings. The van der Waals surface area contributed by atoms with Crippen LogP contribution < -0.4 is 0 Å². The smallest absolute Gasteiger partial charge is 0.104 e. The maximum atomic E-state index is 10.3. The van der Waals surface area contributed by atoms with Crippen LogP contribution in [0.25, 0.3) is 0 Å². The lowest BCUT2D eigenvalue weighted by Crippen LogP contribution is -1.99. The molecule has 0 radical (unpaired) electrons. The van der Waals surface area contributed by atoms with Crippen molar-refractivity contribution >= 4 is 15.9 Å². The zero-order valence-corrected chi connectivity index (χ0v) is 12.0. The highest BCUT2D eigenvalue weighted by molar-refractivity contribution is 9.10. The molecule has 2 aromatic carbocycles. The van der Waals surface area contributed by atoms with E-state index in [0.29, 0.717) is 0 Å². The minimum atomic E-state index is -0.547. The molecule has 2 rings (SSSR count). The Bertz CT molecular complexity index is 488. The highest BCUT2D eigenvalue weighted by Gasteiger charge is 2.09. The van der Waals surface area contributed by atoms with Crippen molar-refractivity contribution in [2.45, 2.75) is 25.9 Å². The van der Waals surface area contributed by atoms with Crippen LogP contribution in [0.1, 0.15) is 36.1 Å². The van der Waals surface area contributed by atoms with Crippen LogP contribution in [0.5, 0.6) is 0 Å². The predicted molar refractivity (Wildman–Crippen MR) is 78.6 cm³/mol. The van der Waals surface area contributed by atoms with Crippen molar-refractivity contribution in [3.05, 3.63) is 69.7 Å². The van der Waals surface area contributed by atoms with Crippen LogP contribution in [0.3, 0.4) is 0 Å². The third kappa shape index (κ3) is 3.21. The van der Waals surface area contributed by atoms with Gasteiger partial charge in [-0.3, -0.25) is 0 Å². The van der Waals surface area contributed by atoms with Gasteiger partial charge >= 0.3 is 0 Å². The van der Waals surface area contributed by atoms with E-state index in [2.05, 4.69) is 35.0 Å². The second-order valence-electron chi connectivity index (χ2n) is 4.45. The lowest BCUT2D eigenvalue weighted by Gasteiger charge is -2.12. The van der Waals surface area contributed by atoms with Gasteiger partial charge in [-0.1, -0.05) is 65.7 Å². The first kappa shape index (κ1) is 13.3. The average molecular weight is 305 g/mol. The van der Waals surface area contributed by atoms with E-state index in [1.807, 2.05) is 36.4 Å². The van der Waals surface area contributed by atoms with Gasteiger partial charge in [0.15, 0.2) is 0 Å². The second-order valence-corrected chi connectivity index (χ2v) is 5.36. The molecule has 0 unspecified atom stereocenters. The zero-order chi connectivity index (χ0) is 13.0. The van der Waals surface area contributed by atoms with Gasteiger partial charge in [0, 0.05) is 4.47 Å². The van der Waals surface area contributed by atoms with E-state index in [1.54, 1.807) is 0 Å². The van der Waals surface area contributed by atoms with Crippen LogP contribution in [0, 0.1) is 0 Å². The topological polar surface area (TPSA) is 20.2 Å². The molecule has 0 saturated heterocycles. The van der Waals surface area contributed by atoms with Gasteiger partial charge < -0.3 is 5.11 Å². The van der Waals surface area contributed by atoms with E-state index in [-0.39, 0.29) is 0 Å². The molecule has 0 aliphatic rings. The highest BCUT2D eigenvalue weighted by atomic mass is 79.9. The first-order chi connectivity index (χ1) is 8.70. The van der Waals surface area contributed by atoms with Crippen molar-refractivity contribution in [1.29, 1.82) is 0 Å². The molecule has 1 N–H and O–H groups in total. The molecule has 0 heterocycles. The fourth-order valence-electron chi connectivity index (χ4n) is 1.99. The summed E-state index contributed by atoms with van der Waals surface area (Å²) in [5, 5.41) is 10.3. The molecule has 0 aliphatic heterocycles. The van der Waals surface area contributed by atoms with Gasteiger partial charge in [-0.25, -0.2) is 0 Å². The Morgan fingerprint density at radius 3 is 1.94 bits per heavy atom. The van der Waals surface area contributed by atoms with Gasteiger partial charge in [0.1, 0.15) is 6.10 Å². The summed E-state index contributed by atoms with van der Waals surface area (Å²) in [7, 11) is 0. The summed E-state index contributed by atoms with van der Waals surface area (Å²) in [6, 6.07) is 16.0. The molecule has 0 saturated carbocycles. The molecule has 2 aromatic rings. The molecule has 0 amide bonds. The van der Waals surface area contributed by atoms with E-state index in [4.69, 9.17) is 0 Å². The maximum Gasteiger partial charge on any atom is 0.104 e. The maximum absolute atomic E-state index is 10.3. The lowest BCUT2D eigenvalue weighted by atomic mass is 9.99. The molecule has 94 valence electrons. The summed E-state index contributed by atoms with van der Waals surface area (Å²) in [5.41, 5.74) is 3.18. The Hall–Kier alpha value is -1.12. The van der Waals surface area contributed by atoms with Crippen molar-refractivity contribution in [2.75, 3.05) is 0 Å². The van der Waals surface area contributed by atoms with Gasteiger partial charge in [-0.2, -0.15) is 0 Å². The summed E-state index contributed by atoms with van der Waals surface area (Å²) in [5.74, 6) is 0. The summed E-state index contributed by atoms with van der Waals surface area (Å²) in [4.78, 5) is 0. The first-order valence-corrected chi connectivity index (χ1v) is 7.02. The number of aryl methyl sites for hydroxylation is 1. The largest absolute Gasteiger partial charge is 0.384 e.